The van der Waals surface area contributed by atoms with E-state index in [4.69, 9.17) is 5.11 Å². The maximum absolute atomic E-state index is 8.61. The average Bonchev–Trinajstić information content (AvgIpc) is 1.27. The zero-order valence-corrected chi connectivity index (χ0v) is 4.81. The zero-order chi connectivity index (χ0) is 5.86. The van der Waals surface area contributed by atoms with Gasteiger partial charge in [-0.15, -0.1) is 0 Å². The molecular formula is C6H11O. The summed E-state index contributed by atoms with van der Waals surface area (Å²) in [5.41, 5.74) is 0.912. The standard InChI is InChI=1S/C6H11O/c1-5(2)4-6(3)7/h4,6-7H,1H2,2-3H3. The van der Waals surface area contributed by atoms with Gasteiger partial charge in [-0.05, 0) is 13.8 Å². The third kappa shape index (κ3) is 5.70. The summed E-state index contributed by atoms with van der Waals surface area (Å²) >= 11 is 0. The van der Waals surface area contributed by atoms with E-state index in [0.29, 0.717) is 0 Å². The van der Waals surface area contributed by atoms with Crippen LogP contribution in [-0.4, -0.2) is 11.2 Å². The molecule has 1 radical (unpaired) electrons. The molecule has 0 heterocycles. The summed E-state index contributed by atoms with van der Waals surface area (Å²) in [5.74, 6) is 0. The number of aliphatic hydroxyl groups is 1. The molecule has 0 bridgehead atoms. The Morgan fingerprint density at radius 2 is 2.29 bits per heavy atom. The molecule has 0 aliphatic carbocycles. The molecule has 0 aliphatic rings. The van der Waals surface area contributed by atoms with E-state index in [0.717, 1.165) is 5.57 Å². The van der Waals surface area contributed by atoms with Crippen molar-refractivity contribution in [1.29, 1.82) is 0 Å². The van der Waals surface area contributed by atoms with Gasteiger partial charge in [0, 0.05) is 6.42 Å². The molecule has 0 fully saturated rings. The Hall–Kier alpha value is -0.300. The summed E-state index contributed by atoms with van der Waals surface area (Å²) in [6.45, 7) is 7.14. The third-order valence-corrected chi connectivity index (χ3v) is 0.526. The maximum Gasteiger partial charge on any atom is 0.0583 e. The van der Waals surface area contributed by atoms with Crippen molar-refractivity contribution in [2.24, 2.45) is 0 Å². The minimum absolute atomic E-state index is 0.350. The van der Waals surface area contributed by atoms with Gasteiger partial charge >= 0.3 is 0 Å². The van der Waals surface area contributed by atoms with Gasteiger partial charge < -0.3 is 5.11 Å². The van der Waals surface area contributed by atoms with Crippen LogP contribution in [0.2, 0.25) is 0 Å². The molecule has 0 saturated carbocycles. The maximum atomic E-state index is 8.61. The minimum Gasteiger partial charge on any atom is -0.393 e. The Balaban J connectivity index is 3.13. The van der Waals surface area contributed by atoms with Crippen LogP contribution < -0.4 is 0 Å². The number of hydrogen-bond donors (Lipinski definition) is 1. The lowest BCUT2D eigenvalue weighted by atomic mass is 10.2. The van der Waals surface area contributed by atoms with Crippen LogP contribution in [0.15, 0.2) is 12.2 Å². The summed E-state index contributed by atoms with van der Waals surface area (Å²) in [7, 11) is 0. The van der Waals surface area contributed by atoms with Crippen molar-refractivity contribution in [3.63, 3.8) is 0 Å². The second-order valence-corrected chi connectivity index (χ2v) is 1.75. The first-order valence-corrected chi connectivity index (χ1v) is 2.31. The minimum atomic E-state index is -0.350. The van der Waals surface area contributed by atoms with Gasteiger partial charge in [-0.2, -0.15) is 0 Å². The molecule has 1 atom stereocenters. The highest BCUT2D eigenvalue weighted by atomic mass is 16.3. The van der Waals surface area contributed by atoms with E-state index in [1.807, 2.05) is 6.92 Å². The van der Waals surface area contributed by atoms with Crippen LogP contribution in [0.5, 0.6) is 0 Å². The molecule has 0 amide bonds. The van der Waals surface area contributed by atoms with Crippen LogP contribution in [0.1, 0.15) is 13.8 Å². The van der Waals surface area contributed by atoms with Crippen molar-refractivity contribution in [3.8, 4) is 0 Å². The number of hydrogen-bond acceptors (Lipinski definition) is 1. The highest BCUT2D eigenvalue weighted by Gasteiger charge is 1.92. The molecule has 41 valence electrons. The lowest BCUT2D eigenvalue weighted by molar-refractivity contribution is 0.230. The SMILES string of the molecule is C=C(C)[CH]C(C)O. The first kappa shape index (κ1) is 6.70. The van der Waals surface area contributed by atoms with E-state index in [-0.39, 0.29) is 6.10 Å². The van der Waals surface area contributed by atoms with Crippen molar-refractivity contribution >= 4 is 0 Å². The predicted molar refractivity (Wildman–Crippen MR) is 30.8 cm³/mol. The van der Waals surface area contributed by atoms with Gasteiger partial charge in [0.15, 0.2) is 0 Å². The summed E-state index contributed by atoms with van der Waals surface area (Å²) in [4.78, 5) is 0. The Morgan fingerprint density at radius 1 is 1.86 bits per heavy atom. The molecular weight excluding hydrogens is 88.1 g/mol. The van der Waals surface area contributed by atoms with Crippen LogP contribution in [0, 0.1) is 6.42 Å². The molecule has 0 rings (SSSR count). The van der Waals surface area contributed by atoms with Gasteiger partial charge in [-0.25, -0.2) is 0 Å². The third-order valence-electron chi connectivity index (χ3n) is 0.526. The molecule has 1 unspecified atom stereocenters. The van der Waals surface area contributed by atoms with Crippen molar-refractivity contribution in [2.45, 2.75) is 20.0 Å². The smallest absolute Gasteiger partial charge is 0.0583 e. The van der Waals surface area contributed by atoms with E-state index >= 15 is 0 Å². The van der Waals surface area contributed by atoms with E-state index in [1.54, 1.807) is 13.3 Å². The predicted octanol–water partition coefficient (Wildman–Crippen LogP) is 1.15. The molecule has 1 N–H and O–H groups in total. The first-order valence-electron chi connectivity index (χ1n) is 2.31. The van der Waals surface area contributed by atoms with Crippen LogP contribution in [-0.2, 0) is 0 Å². The van der Waals surface area contributed by atoms with Crippen LogP contribution in [0.4, 0.5) is 0 Å². The first-order chi connectivity index (χ1) is 3.13. The fraction of sp³-hybridized carbons (Fsp3) is 0.500. The van der Waals surface area contributed by atoms with Crippen molar-refractivity contribution in [2.75, 3.05) is 0 Å². The van der Waals surface area contributed by atoms with E-state index in [2.05, 4.69) is 6.58 Å². The molecule has 7 heavy (non-hydrogen) atoms. The largest absolute Gasteiger partial charge is 0.393 e. The fourth-order valence-electron chi connectivity index (χ4n) is 0.412. The van der Waals surface area contributed by atoms with Crippen LogP contribution in [0.3, 0.4) is 0 Å². The van der Waals surface area contributed by atoms with Crippen LogP contribution in [0.25, 0.3) is 0 Å². The average molecular weight is 99.2 g/mol. The monoisotopic (exact) mass is 99.1 g/mol. The van der Waals surface area contributed by atoms with Crippen molar-refractivity contribution in [3.05, 3.63) is 18.6 Å². The topological polar surface area (TPSA) is 20.2 Å². The highest BCUT2D eigenvalue weighted by Crippen LogP contribution is 1.96. The summed E-state index contributed by atoms with van der Waals surface area (Å²) in [6, 6.07) is 0. The second-order valence-electron chi connectivity index (χ2n) is 1.75. The zero-order valence-electron chi connectivity index (χ0n) is 4.81. The normalized spacial score (nSPS) is 13.6. The Labute approximate surface area is 44.7 Å². The lowest BCUT2D eigenvalue weighted by Crippen LogP contribution is -1.99. The molecule has 0 spiro atoms. The van der Waals surface area contributed by atoms with Gasteiger partial charge in [0.05, 0.1) is 6.10 Å². The molecule has 0 aromatic rings. The van der Waals surface area contributed by atoms with Gasteiger partial charge in [0.25, 0.3) is 0 Å². The molecule has 0 saturated heterocycles. The Kier molecular flexibility index (Phi) is 2.68. The van der Waals surface area contributed by atoms with E-state index in [9.17, 15) is 0 Å². The highest BCUT2D eigenvalue weighted by molar-refractivity contribution is 5.05. The van der Waals surface area contributed by atoms with Gasteiger partial charge in [-0.3, -0.25) is 0 Å². The molecule has 0 aromatic carbocycles. The van der Waals surface area contributed by atoms with Gasteiger partial charge in [0.1, 0.15) is 0 Å². The Bertz CT molecular complexity index is 64.6. The van der Waals surface area contributed by atoms with E-state index in [1.165, 1.54) is 0 Å². The Morgan fingerprint density at radius 3 is 2.29 bits per heavy atom. The van der Waals surface area contributed by atoms with Crippen molar-refractivity contribution in [1.82, 2.24) is 0 Å². The molecule has 0 aromatic heterocycles. The molecule has 1 nitrogen and oxygen atoms in total. The lowest BCUT2D eigenvalue weighted by Gasteiger charge is -1.98. The molecule has 0 aliphatic heterocycles. The number of rotatable bonds is 2. The summed E-state index contributed by atoms with van der Waals surface area (Å²) in [6.07, 6.45) is 1.34. The van der Waals surface area contributed by atoms with Crippen LogP contribution >= 0.6 is 0 Å². The fourth-order valence-corrected chi connectivity index (χ4v) is 0.412. The molecule has 1 heteroatoms. The van der Waals surface area contributed by atoms with Gasteiger partial charge in [0.2, 0.25) is 0 Å². The van der Waals surface area contributed by atoms with Gasteiger partial charge in [-0.1, -0.05) is 12.2 Å². The van der Waals surface area contributed by atoms with Crippen molar-refractivity contribution < 1.29 is 5.11 Å². The second kappa shape index (κ2) is 2.80. The van der Waals surface area contributed by atoms with E-state index < -0.39 is 0 Å². The number of aliphatic hydroxyl groups excluding tert-OH is 1. The summed E-state index contributed by atoms with van der Waals surface area (Å²) in [5, 5.41) is 8.61. The quantitative estimate of drug-likeness (QED) is 0.550. The summed E-state index contributed by atoms with van der Waals surface area (Å²) < 4.78 is 0.